The summed E-state index contributed by atoms with van der Waals surface area (Å²) in [5, 5.41) is 0. The predicted molar refractivity (Wildman–Crippen MR) is 87.5 cm³/mol. The normalized spacial score (nSPS) is 16.6. The SMILES string of the molecule is NCCCN(c1ncc(Br)cc1Br)C1CCCCC1. The molecule has 0 spiro atoms. The molecule has 0 saturated heterocycles. The van der Waals surface area contributed by atoms with Crippen LogP contribution in [0.1, 0.15) is 38.5 Å². The summed E-state index contributed by atoms with van der Waals surface area (Å²) in [5.74, 6) is 1.06. The van der Waals surface area contributed by atoms with E-state index in [1.807, 2.05) is 6.20 Å². The molecular weight excluding hydrogens is 370 g/mol. The molecule has 1 aliphatic rings. The number of rotatable bonds is 5. The highest BCUT2D eigenvalue weighted by Gasteiger charge is 2.23. The molecular formula is C14H21Br2N3. The van der Waals surface area contributed by atoms with Crippen LogP contribution in [0.3, 0.4) is 0 Å². The minimum absolute atomic E-state index is 0.616. The topological polar surface area (TPSA) is 42.1 Å². The number of halogens is 2. The largest absolute Gasteiger partial charge is 0.353 e. The third-order valence-electron chi connectivity index (χ3n) is 3.68. The Labute approximate surface area is 132 Å². The number of hydrogen-bond acceptors (Lipinski definition) is 3. The standard InChI is InChI=1S/C14H21Br2N3/c15-11-9-13(16)14(18-10-11)19(8-4-7-17)12-5-2-1-3-6-12/h9-10,12H,1-8,17H2. The zero-order valence-electron chi connectivity index (χ0n) is 11.1. The van der Waals surface area contributed by atoms with Crippen molar-refractivity contribution in [3.05, 3.63) is 21.2 Å². The molecule has 1 fully saturated rings. The zero-order chi connectivity index (χ0) is 13.7. The van der Waals surface area contributed by atoms with Crippen LogP contribution < -0.4 is 10.6 Å². The Morgan fingerprint density at radius 1 is 1.26 bits per heavy atom. The summed E-state index contributed by atoms with van der Waals surface area (Å²) in [5.41, 5.74) is 5.68. The Kier molecular flexibility index (Phi) is 6.10. The van der Waals surface area contributed by atoms with Crippen LogP contribution >= 0.6 is 31.9 Å². The minimum atomic E-state index is 0.616. The molecule has 0 aliphatic heterocycles. The molecule has 0 unspecified atom stereocenters. The molecule has 5 heteroatoms. The van der Waals surface area contributed by atoms with Crippen LogP contribution in [0.4, 0.5) is 5.82 Å². The van der Waals surface area contributed by atoms with Crippen LogP contribution in [-0.4, -0.2) is 24.1 Å². The lowest BCUT2D eigenvalue weighted by Gasteiger charge is -2.36. The molecule has 0 atom stereocenters. The smallest absolute Gasteiger partial charge is 0.143 e. The van der Waals surface area contributed by atoms with Gasteiger partial charge in [-0.1, -0.05) is 19.3 Å². The first-order valence-electron chi connectivity index (χ1n) is 7.00. The van der Waals surface area contributed by atoms with Gasteiger partial charge in [-0.05, 0) is 63.7 Å². The monoisotopic (exact) mass is 389 g/mol. The second-order valence-corrected chi connectivity index (χ2v) is 6.86. The molecule has 1 aromatic rings. The second-order valence-electron chi connectivity index (χ2n) is 5.09. The third-order valence-corrected chi connectivity index (χ3v) is 4.70. The molecule has 1 aliphatic carbocycles. The fourth-order valence-corrected chi connectivity index (χ4v) is 3.95. The van der Waals surface area contributed by atoms with Crippen molar-refractivity contribution in [2.75, 3.05) is 18.0 Å². The van der Waals surface area contributed by atoms with Gasteiger partial charge in [0.15, 0.2) is 0 Å². The van der Waals surface area contributed by atoms with Crippen molar-refractivity contribution in [1.82, 2.24) is 4.98 Å². The van der Waals surface area contributed by atoms with Gasteiger partial charge in [-0.15, -0.1) is 0 Å². The van der Waals surface area contributed by atoms with E-state index in [4.69, 9.17) is 5.73 Å². The predicted octanol–water partition coefficient (Wildman–Crippen LogP) is 4.09. The van der Waals surface area contributed by atoms with Crippen LogP contribution in [0.25, 0.3) is 0 Å². The van der Waals surface area contributed by atoms with Gasteiger partial charge in [0.05, 0.1) is 4.47 Å². The van der Waals surface area contributed by atoms with Gasteiger partial charge in [-0.25, -0.2) is 4.98 Å². The first-order valence-corrected chi connectivity index (χ1v) is 8.58. The molecule has 2 N–H and O–H groups in total. The molecule has 0 bridgehead atoms. The first kappa shape index (κ1) is 15.3. The lowest BCUT2D eigenvalue weighted by molar-refractivity contribution is 0.411. The van der Waals surface area contributed by atoms with Gasteiger partial charge in [-0.3, -0.25) is 0 Å². The maximum absolute atomic E-state index is 5.68. The molecule has 19 heavy (non-hydrogen) atoms. The van der Waals surface area contributed by atoms with Crippen LogP contribution in [0.2, 0.25) is 0 Å². The van der Waals surface area contributed by atoms with E-state index in [1.54, 1.807) is 0 Å². The Morgan fingerprint density at radius 3 is 2.63 bits per heavy atom. The van der Waals surface area contributed by atoms with Gasteiger partial charge in [0.2, 0.25) is 0 Å². The summed E-state index contributed by atoms with van der Waals surface area (Å²) in [6.07, 6.45) is 9.47. The molecule has 0 aromatic carbocycles. The number of nitrogens with two attached hydrogens (primary N) is 1. The quantitative estimate of drug-likeness (QED) is 0.822. The molecule has 0 radical (unpaired) electrons. The Hall–Kier alpha value is -0.130. The van der Waals surface area contributed by atoms with Gasteiger partial charge >= 0.3 is 0 Å². The highest BCUT2D eigenvalue weighted by molar-refractivity contribution is 9.11. The van der Waals surface area contributed by atoms with Crippen molar-refractivity contribution in [1.29, 1.82) is 0 Å². The second kappa shape index (κ2) is 7.60. The number of nitrogens with zero attached hydrogens (tertiary/aromatic N) is 2. The van der Waals surface area contributed by atoms with E-state index in [-0.39, 0.29) is 0 Å². The minimum Gasteiger partial charge on any atom is -0.353 e. The lowest BCUT2D eigenvalue weighted by Crippen LogP contribution is -2.39. The van der Waals surface area contributed by atoms with Gasteiger partial charge in [0, 0.05) is 23.3 Å². The summed E-state index contributed by atoms with van der Waals surface area (Å²) in [6, 6.07) is 2.69. The van der Waals surface area contributed by atoms with E-state index >= 15 is 0 Å². The highest BCUT2D eigenvalue weighted by Crippen LogP contribution is 2.32. The van der Waals surface area contributed by atoms with E-state index in [2.05, 4.69) is 47.8 Å². The fourth-order valence-electron chi connectivity index (χ4n) is 2.73. The van der Waals surface area contributed by atoms with Crippen molar-refractivity contribution in [3.63, 3.8) is 0 Å². The van der Waals surface area contributed by atoms with Gasteiger partial charge in [-0.2, -0.15) is 0 Å². The van der Waals surface area contributed by atoms with Crippen molar-refractivity contribution in [2.24, 2.45) is 5.73 Å². The van der Waals surface area contributed by atoms with Crippen LogP contribution in [0.5, 0.6) is 0 Å². The van der Waals surface area contributed by atoms with E-state index in [0.29, 0.717) is 6.04 Å². The average Bonchev–Trinajstić information content (AvgIpc) is 2.42. The highest BCUT2D eigenvalue weighted by atomic mass is 79.9. The summed E-state index contributed by atoms with van der Waals surface area (Å²) in [6.45, 7) is 1.73. The zero-order valence-corrected chi connectivity index (χ0v) is 14.3. The van der Waals surface area contributed by atoms with Gasteiger partial charge in [0.1, 0.15) is 5.82 Å². The number of hydrogen-bond donors (Lipinski definition) is 1. The van der Waals surface area contributed by atoms with E-state index < -0.39 is 0 Å². The number of pyridine rings is 1. The van der Waals surface area contributed by atoms with E-state index in [1.165, 1.54) is 32.1 Å². The third kappa shape index (κ3) is 4.17. The molecule has 0 amide bonds. The molecule has 3 nitrogen and oxygen atoms in total. The van der Waals surface area contributed by atoms with Crippen molar-refractivity contribution in [2.45, 2.75) is 44.6 Å². The van der Waals surface area contributed by atoms with Crippen molar-refractivity contribution < 1.29 is 0 Å². The first-order chi connectivity index (χ1) is 9.22. The van der Waals surface area contributed by atoms with Crippen molar-refractivity contribution >= 4 is 37.7 Å². The van der Waals surface area contributed by atoms with Crippen LogP contribution in [0.15, 0.2) is 21.2 Å². The summed E-state index contributed by atoms with van der Waals surface area (Å²) in [7, 11) is 0. The van der Waals surface area contributed by atoms with E-state index in [0.717, 1.165) is 34.3 Å². The van der Waals surface area contributed by atoms with Crippen LogP contribution in [-0.2, 0) is 0 Å². The Bertz CT molecular complexity index is 406. The molecule has 1 saturated carbocycles. The number of aromatic nitrogens is 1. The summed E-state index contributed by atoms with van der Waals surface area (Å²) in [4.78, 5) is 7.04. The average molecular weight is 391 g/mol. The number of anilines is 1. The molecule has 1 aromatic heterocycles. The molecule has 106 valence electrons. The maximum atomic E-state index is 5.68. The van der Waals surface area contributed by atoms with Crippen molar-refractivity contribution in [3.8, 4) is 0 Å². The maximum Gasteiger partial charge on any atom is 0.143 e. The molecule has 2 rings (SSSR count). The Morgan fingerprint density at radius 2 is 2.00 bits per heavy atom. The Balaban J connectivity index is 2.19. The van der Waals surface area contributed by atoms with E-state index in [9.17, 15) is 0 Å². The molecule has 1 heterocycles. The summed E-state index contributed by atoms with van der Waals surface area (Å²) >= 11 is 7.10. The summed E-state index contributed by atoms with van der Waals surface area (Å²) < 4.78 is 2.06. The van der Waals surface area contributed by atoms with Crippen LogP contribution in [0, 0.1) is 0 Å². The lowest BCUT2D eigenvalue weighted by atomic mass is 9.94. The fraction of sp³-hybridized carbons (Fsp3) is 0.643. The van der Waals surface area contributed by atoms with Gasteiger partial charge in [0.25, 0.3) is 0 Å². The van der Waals surface area contributed by atoms with Gasteiger partial charge < -0.3 is 10.6 Å².